The van der Waals surface area contributed by atoms with Crippen LogP contribution in [-0.4, -0.2) is 8.42 Å². The highest BCUT2D eigenvalue weighted by Gasteiger charge is 2.24. The molecule has 0 fully saturated rings. The Morgan fingerprint density at radius 3 is 2.21 bits per heavy atom. The van der Waals surface area contributed by atoms with Crippen molar-refractivity contribution in [1.29, 1.82) is 0 Å². The van der Waals surface area contributed by atoms with Crippen LogP contribution in [0.2, 0.25) is 20.1 Å². The van der Waals surface area contributed by atoms with Crippen LogP contribution in [0.1, 0.15) is 0 Å². The molecule has 2 heterocycles. The zero-order chi connectivity index (χ0) is 17.5. The number of anilines is 1. The Balaban J connectivity index is 2.04. The fourth-order valence-corrected chi connectivity index (χ4v) is 6.75. The third kappa shape index (κ3) is 3.55. The Labute approximate surface area is 166 Å². The molecule has 0 amide bonds. The Kier molecular flexibility index (Phi) is 5.37. The summed E-state index contributed by atoms with van der Waals surface area (Å²) in [5, 5.41) is 6.05. The molecule has 0 bridgehead atoms. The van der Waals surface area contributed by atoms with Crippen molar-refractivity contribution in [1.82, 2.24) is 0 Å². The molecular formula is C14H7Cl4NO2S3. The molecule has 126 valence electrons. The zero-order valence-corrected chi connectivity index (χ0v) is 17.0. The quantitative estimate of drug-likeness (QED) is 0.462. The van der Waals surface area contributed by atoms with Crippen molar-refractivity contribution in [2.45, 2.75) is 4.90 Å². The molecule has 0 aliphatic carbocycles. The summed E-state index contributed by atoms with van der Waals surface area (Å²) < 4.78 is 27.9. The standard InChI is InChI=1S/C14H7Cl4NO2S3/c15-7-3-10(17)14(11(18)4-7)24(20,21)19-12-6-22-5-8(12)13-9(16)1-2-23-13/h1-6,19H. The van der Waals surface area contributed by atoms with Crippen LogP contribution in [0, 0.1) is 0 Å². The minimum absolute atomic E-state index is 0.0501. The van der Waals surface area contributed by atoms with Crippen LogP contribution in [-0.2, 0) is 10.0 Å². The Morgan fingerprint density at radius 1 is 0.958 bits per heavy atom. The van der Waals surface area contributed by atoms with Crippen molar-refractivity contribution in [3.63, 3.8) is 0 Å². The first kappa shape index (κ1) is 18.3. The predicted molar refractivity (Wildman–Crippen MR) is 105 cm³/mol. The predicted octanol–water partition coefficient (Wildman–Crippen LogP) is 6.89. The van der Waals surface area contributed by atoms with E-state index < -0.39 is 10.0 Å². The molecule has 10 heteroatoms. The maximum absolute atomic E-state index is 12.7. The molecule has 0 saturated heterocycles. The topological polar surface area (TPSA) is 46.2 Å². The summed E-state index contributed by atoms with van der Waals surface area (Å²) >= 11 is 26.8. The smallest absolute Gasteiger partial charge is 0.264 e. The van der Waals surface area contributed by atoms with Gasteiger partial charge in [0.05, 0.1) is 25.6 Å². The monoisotopic (exact) mass is 457 g/mol. The van der Waals surface area contributed by atoms with E-state index in [0.29, 0.717) is 16.3 Å². The van der Waals surface area contributed by atoms with Crippen LogP contribution >= 0.6 is 69.1 Å². The van der Waals surface area contributed by atoms with Gasteiger partial charge in [0.25, 0.3) is 10.0 Å². The molecular weight excluding hydrogens is 452 g/mol. The van der Waals surface area contributed by atoms with E-state index in [0.717, 1.165) is 4.88 Å². The van der Waals surface area contributed by atoms with Crippen molar-refractivity contribution in [3.8, 4) is 10.4 Å². The normalized spacial score (nSPS) is 11.7. The van der Waals surface area contributed by atoms with Gasteiger partial charge in [-0.1, -0.05) is 46.4 Å². The van der Waals surface area contributed by atoms with E-state index in [1.165, 1.54) is 34.8 Å². The van der Waals surface area contributed by atoms with Crippen molar-refractivity contribution < 1.29 is 8.42 Å². The molecule has 3 aromatic rings. The second-order valence-electron chi connectivity index (χ2n) is 4.60. The summed E-state index contributed by atoms with van der Waals surface area (Å²) in [5.74, 6) is 0. The number of nitrogens with one attached hydrogen (secondary N) is 1. The minimum atomic E-state index is -3.99. The third-order valence-corrected chi connectivity index (χ3v) is 7.62. The molecule has 0 atom stereocenters. The van der Waals surface area contributed by atoms with Gasteiger partial charge in [-0.2, -0.15) is 0 Å². The minimum Gasteiger partial charge on any atom is -0.278 e. The van der Waals surface area contributed by atoms with E-state index in [2.05, 4.69) is 4.72 Å². The number of hydrogen-bond donors (Lipinski definition) is 1. The number of hydrogen-bond acceptors (Lipinski definition) is 4. The van der Waals surface area contributed by atoms with Crippen LogP contribution in [0.15, 0.2) is 39.2 Å². The van der Waals surface area contributed by atoms with Gasteiger partial charge in [0.2, 0.25) is 0 Å². The first-order valence-corrected chi connectivity index (χ1v) is 11.1. The summed E-state index contributed by atoms with van der Waals surface area (Å²) in [7, 11) is -3.99. The van der Waals surface area contributed by atoms with Gasteiger partial charge in [-0.3, -0.25) is 4.72 Å². The van der Waals surface area contributed by atoms with Crippen LogP contribution in [0.4, 0.5) is 5.69 Å². The van der Waals surface area contributed by atoms with E-state index in [-0.39, 0.29) is 20.0 Å². The average molecular weight is 459 g/mol. The Bertz CT molecular complexity index is 988. The lowest BCUT2D eigenvalue weighted by atomic mass is 10.2. The third-order valence-electron chi connectivity index (χ3n) is 3.00. The fourth-order valence-electron chi connectivity index (χ4n) is 2.02. The number of benzene rings is 1. The molecule has 24 heavy (non-hydrogen) atoms. The second-order valence-corrected chi connectivity index (χ2v) is 9.54. The number of sulfonamides is 1. The molecule has 0 aliphatic heterocycles. The van der Waals surface area contributed by atoms with Crippen molar-refractivity contribution in [3.05, 3.63) is 54.4 Å². The Hall–Kier alpha value is -0.470. The summed E-state index contributed by atoms with van der Waals surface area (Å²) in [5.41, 5.74) is 1.11. The average Bonchev–Trinajstić information content (AvgIpc) is 3.05. The lowest BCUT2D eigenvalue weighted by molar-refractivity contribution is 0.601. The lowest BCUT2D eigenvalue weighted by Gasteiger charge is -2.12. The van der Waals surface area contributed by atoms with Gasteiger partial charge < -0.3 is 0 Å². The van der Waals surface area contributed by atoms with Gasteiger partial charge in [-0.15, -0.1) is 22.7 Å². The second kappa shape index (κ2) is 7.03. The van der Waals surface area contributed by atoms with Gasteiger partial charge in [0.1, 0.15) is 4.90 Å². The first-order chi connectivity index (χ1) is 11.3. The summed E-state index contributed by atoms with van der Waals surface area (Å²) in [6.45, 7) is 0. The van der Waals surface area contributed by atoms with Crippen molar-refractivity contribution >= 4 is 84.8 Å². The Morgan fingerprint density at radius 2 is 1.62 bits per heavy atom. The SMILES string of the molecule is O=S(=O)(Nc1cscc1-c1sccc1Cl)c1c(Cl)cc(Cl)cc1Cl. The number of rotatable bonds is 4. The maximum Gasteiger partial charge on any atom is 0.264 e. The van der Waals surface area contributed by atoms with Crippen LogP contribution in [0.25, 0.3) is 10.4 Å². The van der Waals surface area contributed by atoms with E-state index in [4.69, 9.17) is 46.4 Å². The first-order valence-electron chi connectivity index (χ1n) is 6.26. The zero-order valence-electron chi connectivity index (χ0n) is 11.5. The molecule has 0 radical (unpaired) electrons. The highest BCUT2D eigenvalue weighted by atomic mass is 35.5. The summed E-state index contributed by atoms with van der Waals surface area (Å²) in [6, 6.07) is 4.41. The van der Waals surface area contributed by atoms with Crippen LogP contribution < -0.4 is 4.72 Å². The van der Waals surface area contributed by atoms with E-state index in [1.54, 1.807) is 11.4 Å². The van der Waals surface area contributed by atoms with Gasteiger partial charge >= 0.3 is 0 Å². The van der Waals surface area contributed by atoms with E-state index in [9.17, 15) is 8.42 Å². The van der Waals surface area contributed by atoms with Crippen molar-refractivity contribution in [2.75, 3.05) is 4.72 Å². The van der Waals surface area contributed by atoms with Gasteiger partial charge in [-0.25, -0.2) is 8.42 Å². The molecule has 2 aromatic heterocycles. The molecule has 3 nitrogen and oxygen atoms in total. The summed E-state index contributed by atoms with van der Waals surface area (Å²) in [6.07, 6.45) is 0. The van der Waals surface area contributed by atoms with Crippen LogP contribution in [0.3, 0.4) is 0 Å². The van der Waals surface area contributed by atoms with Gasteiger partial charge in [0, 0.05) is 21.3 Å². The van der Waals surface area contributed by atoms with Crippen molar-refractivity contribution in [2.24, 2.45) is 0 Å². The highest BCUT2D eigenvalue weighted by Crippen LogP contribution is 2.41. The fraction of sp³-hybridized carbons (Fsp3) is 0. The van der Waals surface area contributed by atoms with Gasteiger partial charge in [0.15, 0.2) is 0 Å². The highest BCUT2D eigenvalue weighted by molar-refractivity contribution is 7.93. The van der Waals surface area contributed by atoms with Gasteiger partial charge in [-0.05, 0) is 23.6 Å². The number of halogens is 4. The molecule has 3 rings (SSSR count). The molecule has 0 saturated carbocycles. The summed E-state index contributed by atoms with van der Waals surface area (Å²) in [4.78, 5) is 0.563. The number of thiophene rings is 2. The van der Waals surface area contributed by atoms with E-state index >= 15 is 0 Å². The molecule has 1 aromatic carbocycles. The van der Waals surface area contributed by atoms with Crippen LogP contribution in [0.5, 0.6) is 0 Å². The largest absolute Gasteiger partial charge is 0.278 e. The van der Waals surface area contributed by atoms with E-state index in [1.807, 2.05) is 10.8 Å². The lowest BCUT2D eigenvalue weighted by Crippen LogP contribution is -2.14. The molecule has 1 N–H and O–H groups in total. The molecule has 0 unspecified atom stereocenters. The molecule has 0 spiro atoms. The molecule has 0 aliphatic rings. The maximum atomic E-state index is 12.7.